The van der Waals surface area contributed by atoms with E-state index in [4.69, 9.17) is 0 Å². The standard InChI is InChI=1S/C8H13NOS/c10-8(11)4-3-7-2-1-5-9-6-7/h2,9H,1,3-6H2,(H,10,11). The van der Waals surface area contributed by atoms with Gasteiger partial charge in [0.05, 0.1) is 0 Å². The molecule has 0 aromatic rings. The van der Waals surface area contributed by atoms with Crippen molar-refractivity contribution in [2.24, 2.45) is 0 Å². The first-order valence-electron chi connectivity index (χ1n) is 3.89. The van der Waals surface area contributed by atoms with E-state index < -0.39 is 0 Å². The maximum Gasteiger partial charge on any atom is 0.186 e. The van der Waals surface area contributed by atoms with Gasteiger partial charge >= 0.3 is 0 Å². The van der Waals surface area contributed by atoms with Gasteiger partial charge in [0.25, 0.3) is 0 Å². The molecule has 0 saturated heterocycles. The number of hydrogen-bond donors (Lipinski definition) is 2. The Bertz CT molecular complexity index is 177. The molecule has 1 aliphatic heterocycles. The molecule has 1 N–H and O–H groups in total. The molecule has 1 heterocycles. The zero-order valence-electron chi connectivity index (χ0n) is 6.47. The molecule has 62 valence electrons. The summed E-state index contributed by atoms with van der Waals surface area (Å²) in [5, 5.41) is 3.24. The van der Waals surface area contributed by atoms with Crippen LogP contribution in [-0.2, 0) is 4.79 Å². The van der Waals surface area contributed by atoms with Gasteiger partial charge in [0, 0.05) is 13.0 Å². The molecular weight excluding hydrogens is 158 g/mol. The van der Waals surface area contributed by atoms with Crippen LogP contribution in [0.4, 0.5) is 0 Å². The minimum absolute atomic E-state index is 0.0172. The first-order chi connectivity index (χ1) is 5.29. The number of hydrogen-bond acceptors (Lipinski definition) is 2. The maximum atomic E-state index is 10.5. The van der Waals surface area contributed by atoms with Crippen molar-refractivity contribution in [3.63, 3.8) is 0 Å². The van der Waals surface area contributed by atoms with E-state index in [1.54, 1.807) is 0 Å². The topological polar surface area (TPSA) is 29.1 Å². The average molecular weight is 171 g/mol. The minimum atomic E-state index is -0.0172. The quantitative estimate of drug-likeness (QED) is 0.492. The predicted octanol–water partition coefficient (Wildman–Crippen LogP) is 1.14. The van der Waals surface area contributed by atoms with Gasteiger partial charge in [-0.05, 0) is 19.4 Å². The second-order valence-electron chi connectivity index (χ2n) is 2.72. The van der Waals surface area contributed by atoms with Gasteiger partial charge in [-0.3, -0.25) is 4.79 Å². The number of carbonyl (C=O) groups excluding carboxylic acids is 1. The zero-order valence-corrected chi connectivity index (χ0v) is 7.36. The number of rotatable bonds is 3. The van der Waals surface area contributed by atoms with Crippen LogP contribution in [0.25, 0.3) is 0 Å². The van der Waals surface area contributed by atoms with Gasteiger partial charge in [-0.25, -0.2) is 0 Å². The van der Waals surface area contributed by atoms with Crippen LogP contribution in [0.2, 0.25) is 0 Å². The fourth-order valence-corrected chi connectivity index (χ4v) is 1.27. The highest BCUT2D eigenvalue weighted by molar-refractivity contribution is 7.96. The smallest absolute Gasteiger partial charge is 0.186 e. The Kier molecular flexibility index (Phi) is 3.66. The monoisotopic (exact) mass is 171 g/mol. The Balaban J connectivity index is 2.24. The molecule has 0 aromatic heterocycles. The summed E-state index contributed by atoms with van der Waals surface area (Å²) in [6, 6.07) is 0. The molecule has 1 rings (SSSR count). The van der Waals surface area contributed by atoms with Crippen molar-refractivity contribution >= 4 is 17.7 Å². The second kappa shape index (κ2) is 4.57. The molecule has 0 saturated carbocycles. The molecule has 0 bridgehead atoms. The first-order valence-corrected chi connectivity index (χ1v) is 4.34. The first kappa shape index (κ1) is 8.81. The van der Waals surface area contributed by atoms with Gasteiger partial charge in [0.1, 0.15) is 0 Å². The largest absolute Gasteiger partial charge is 0.313 e. The molecule has 0 aliphatic carbocycles. The van der Waals surface area contributed by atoms with E-state index in [2.05, 4.69) is 24.0 Å². The van der Waals surface area contributed by atoms with Crippen molar-refractivity contribution < 1.29 is 4.79 Å². The molecular formula is C8H13NOS. The zero-order chi connectivity index (χ0) is 8.10. The van der Waals surface area contributed by atoms with Crippen LogP contribution >= 0.6 is 12.6 Å². The second-order valence-corrected chi connectivity index (χ2v) is 3.22. The van der Waals surface area contributed by atoms with Crippen LogP contribution < -0.4 is 5.32 Å². The molecule has 0 fully saturated rings. The minimum Gasteiger partial charge on any atom is -0.313 e. The van der Waals surface area contributed by atoms with Gasteiger partial charge in [0.2, 0.25) is 0 Å². The van der Waals surface area contributed by atoms with E-state index >= 15 is 0 Å². The van der Waals surface area contributed by atoms with Crippen LogP contribution in [0.15, 0.2) is 11.6 Å². The van der Waals surface area contributed by atoms with Crippen LogP contribution in [0.5, 0.6) is 0 Å². The molecule has 2 nitrogen and oxygen atoms in total. The van der Waals surface area contributed by atoms with Gasteiger partial charge < -0.3 is 5.32 Å². The summed E-state index contributed by atoms with van der Waals surface area (Å²) in [5.41, 5.74) is 1.35. The highest BCUT2D eigenvalue weighted by Gasteiger charge is 2.03. The average Bonchev–Trinajstić information content (AvgIpc) is 2.03. The normalized spacial score (nSPS) is 17.7. The third-order valence-electron chi connectivity index (χ3n) is 1.77. The fraction of sp³-hybridized carbons (Fsp3) is 0.625. The molecule has 0 spiro atoms. The lowest BCUT2D eigenvalue weighted by Gasteiger charge is -2.12. The lowest BCUT2D eigenvalue weighted by molar-refractivity contribution is -0.110. The van der Waals surface area contributed by atoms with Crippen molar-refractivity contribution in [2.75, 3.05) is 13.1 Å². The maximum absolute atomic E-state index is 10.5. The SMILES string of the molecule is O=C(S)CCC1=CCCNC1. The molecule has 11 heavy (non-hydrogen) atoms. The molecule has 0 atom stereocenters. The fourth-order valence-electron chi connectivity index (χ4n) is 1.16. The highest BCUT2D eigenvalue weighted by Crippen LogP contribution is 2.09. The molecule has 0 radical (unpaired) electrons. The van der Waals surface area contributed by atoms with E-state index in [9.17, 15) is 4.79 Å². The summed E-state index contributed by atoms with van der Waals surface area (Å²) in [7, 11) is 0. The number of thiol groups is 1. The van der Waals surface area contributed by atoms with Crippen LogP contribution in [-0.4, -0.2) is 18.2 Å². The van der Waals surface area contributed by atoms with Crippen molar-refractivity contribution in [3.05, 3.63) is 11.6 Å². The van der Waals surface area contributed by atoms with Crippen LogP contribution in [0.3, 0.4) is 0 Å². The lowest BCUT2D eigenvalue weighted by Crippen LogP contribution is -2.22. The van der Waals surface area contributed by atoms with Gasteiger partial charge in [-0.2, -0.15) is 0 Å². The molecule has 0 unspecified atom stereocenters. The summed E-state index contributed by atoms with van der Waals surface area (Å²) in [5.74, 6) is 0. The molecule has 3 heteroatoms. The molecule has 0 amide bonds. The molecule has 1 aliphatic rings. The van der Waals surface area contributed by atoms with Gasteiger partial charge in [0.15, 0.2) is 5.12 Å². The van der Waals surface area contributed by atoms with Crippen LogP contribution in [0.1, 0.15) is 19.3 Å². The van der Waals surface area contributed by atoms with E-state index in [0.29, 0.717) is 6.42 Å². The van der Waals surface area contributed by atoms with Crippen molar-refractivity contribution in [2.45, 2.75) is 19.3 Å². The predicted molar refractivity (Wildman–Crippen MR) is 48.8 cm³/mol. The van der Waals surface area contributed by atoms with Crippen molar-refractivity contribution in [1.82, 2.24) is 5.32 Å². The van der Waals surface area contributed by atoms with E-state index in [1.165, 1.54) is 5.57 Å². The summed E-state index contributed by atoms with van der Waals surface area (Å²) in [4.78, 5) is 10.5. The van der Waals surface area contributed by atoms with Crippen molar-refractivity contribution in [1.29, 1.82) is 0 Å². The van der Waals surface area contributed by atoms with Gasteiger partial charge in [-0.15, -0.1) is 12.6 Å². The number of carbonyl (C=O) groups is 1. The van der Waals surface area contributed by atoms with Crippen LogP contribution in [0, 0.1) is 0 Å². The Labute approximate surface area is 72.5 Å². The Morgan fingerprint density at radius 2 is 2.55 bits per heavy atom. The summed E-state index contributed by atoms with van der Waals surface area (Å²) < 4.78 is 0. The van der Waals surface area contributed by atoms with E-state index in [-0.39, 0.29) is 5.12 Å². The summed E-state index contributed by atoms with van der Waals surface area (Å²) in [6.45, 7) is 2.01. The lowest BCUT2D eigenvalue weighted by atomic mass is 10.1. The number of nitrogens with one attached hydrogen (secondary N) is 1. The summed E-state index contributed by atoms with van der Waals surface area (Å²) >= 11 is 3.71. The summed E-state index contributed by atoms with van der Waals surface area (Å²) in [6.07, 6.45) is 4.75. The third kappa shape index (κ3) is 3.58. The third-order valence-corrected chi connectivity index (χ3v) is 1.99. The van der Waals surface area contributed by atoms with E-state index in [0.717, 1.165) is 25.9 Å². The molecule has 0 aromatic carbocycles. The Morgan fingerprint density at radius 3 is 3.09 bits per heavy atom. The van der Waals surface area contributed by atoms with E-state index in [1.807, 2.05) is 0 Å². The Hall–Kier alpha value is -0.280. The van der Waals surface area contributed by atoms with Gasteiger partial charge in [-0.1, -0.05) is 11.6 Å². The highest BCUT2D eigenvalue weighted by atomic mass is 32.1. The van der Waals surface area contributed by atoms with Crippen molar-refractivity contribution in [3.8, 4) is 0 Å². The Morgan fingerprint density at radius 1 is 1.73 bits per heavy atom.